The highest BCUT2D eigenvalue weighted by atomic mass is 16.5. The first-order valence-corrected chi connectivity index (χ1v) is 14.2. The molecule has 0 aromatic heterocycles. The van der Waals surface area contributed by atoms with Crippen molar-refractivity contribution in [1.82, 2.24) is 0 Å². The van der Waals surface area contributed by atoms with Crippen molar-refractivity contribution in [2.24, 2.45) is 5.92 Å². The van der Waals surface area contributed by atoms with Gasteiger partial charge in [-0.25, -0.2) is 0 Å². The molecule has 0 aromatic rings. The van der Waals surface area contributed by atoms with Crippen LogP contribution in [0.4, 0.5) is 0 Å². The maximum atomic E-state index is 11.7. The van der Waals surface area contributed by atoms with Crippen LogP contribution in [0.2, 0.25) is 0 Å². The minimum Gasteiger partial charge on any atom is -0.469 e. The van der Waals surface area contributed by atoms with Crippen molar-refractivity contribution in [3.63, 3.8) is 0 Å². The molecule has 1 unspecified atom stereocenters. The van der Waals surface area contributed by atoms with Crippen molar-refractivity contribution in [1.29, 1.82) is 0 Å². The van der Waals surface area contributed by atoms with Crippen LogP contribution in [0.3, 0.4) is 0 Å². The highest BCUT2D eigenvalue weighted by Crippen LogP contribution is 2.22. The predicted octanol–water partition coefficient (Wildman–Crippen LogP) is 9.99. The number of rotatable bonds is 25. The van der Waals surface area contributed by atoms with E-state index in [0.717, 1.165) is 12.8 Å². The first kappa shape index (κ1) is 30.5. The second kappa shape index (κ2) is 25.7. The lowest BCUT2D eigenvalue weighted by Gasteiger charge is -2.15. The van der Waals surface area contributed by atoms with Gasteiger partial charge in [0.25, 0.3) is 0 Å². The van der Waals surface area contributed by atoms with Crippen LogP contribution < -0.4 is 0 Å². The molecule has 2 nitrogen and oxygen atoms in total. The molecule has 0 aliphatic rings. The zero-order chi connectivity index (χ0) is 22.8. The van der Waals surface area contributed by atoms with Gasteiger partial charge < -0.3 is 4.74 Å². The molecule has 0 saturated heterocycles. The van der Waals surface area contributed by atoms with Gasteiger partial charge in [0.15, 0.2) is 0 Å². The molecule has 0 aromatic carbocycles. The number of unbranched alkanes of at least 4 members (excludes halogenated alkanes) is 19. The highest BCUT2D eigenvalue weighted by molar-refractivity contribution is 5.79. The van der Waals surface area contributed by atoms with Crippen molar-refractivity contribution < 1.29 is 9.53 Å². The first-order chi connectivity index (χ1) is 15.2. The van der Waals surface area contributed by atoms with E-state index in [0.29, 0.717) is 5.92 Å². The van der Waals surface area contributed by atoms with Gasteiger partial charge in [0.1, 0.15) is 0 Å². The molecule has 2 heteroatoms. The van der Waals surface area contributed by atoms with Gasteiger partial charge in [-0.3, -0.25) is 4.79 Å². The maximum Gasteiger partial charge on any atom is 0.309 e. The smallest absolute Gasteiger partial charge is 0.309 e. The topological polar surface area (TPSA) is 26.3 Å². The summed E-state index contributed by atoms with van der Waals surface area (Å²) in [6.07, 6.45) is 33.0. The summed E-state index contributed by atoms with van der Waals surface area (Å²) in [6, 6.07) is 0. The average molecular weight is 438 g/mol. The fourth-order valence-corrected chi connectivity index (χ4v) is 4.54. The minimum absolute atomic E-state index is 0.139. The van der Waals surface area contributed by atoms with E-state index in [-0.39, 0.29) is 5.97 Å². The minimum atomic E-state index is -0.139. The highest BCUT2D eigenvalue weighted by Gasteiger charge is 2.14. The quantitative estimate of drug-likeness (QED) is 0.105. The molecule has 0 heterocycles. The van der Waals surface area contributed by atoms with Gasteiger partial charge in [0.05, 0.1) is 13.5 Å². The number of carbonyl (C=O) groups excluding carboxylic acids is 1. The van der Waals surface area contributed by atoms with Crippen LogP contribution in [0.5, 0.6) is 0 Å². The monoisotopic (exact) mass is 437 g/mol. The van der Waals surface area contributed by atoms with Crippen molar-refractivity contribution in [2.45, 2.75) is 162 Å². The van der Waals surface area contributed by atoms with E-state index >= 15 is 0 Å². The third-order valence-electron chi connectivity index (χ3n) is 6.68. The molecule has 0 bridgehead atoms. The molecule has 0 amide bonds. The zero-order valence-electron chi connectivity index (χ0n) is 21.7. The second-order valence-electron chi connectivity index (χ2n) is 9.74. The molecule has 1 atom stereocenters. The Morgan fingerprint density at radius 2 is 0.839 bits per heavy atom. The van der Waals surface area contributed by atoms with Gasteiger partial charge in [0, 0.05) is 0 Å². The molecular formula is C29H57O2. The molecule has 31 heavy (non-hydrogen) atoms. The number of methoxy groups -OCH3 is 1. The van der Waals surface area contributed by atoms with E-state index in [1.807, 2.05) is 6.42 Å². The van der Waals surface area contributed by atoms with E-state index in [1.54, 1.807) is 0 Å². The van der Waals surface area contributed by atoms with Gasteiger partial charge in [-0.1, -0.05) is 149 Å². The SMILES string of the molecule is CCCCCCCCCCCCCC([CH]C(=O)OC)CCCCCCCCCCCC. The third-order valence-corrected chi connectivity index (χ3v) is 6.68. The standard InChI is InChI=1S/C29H57O2/c1-4-6-8-10-12-14-16-18-20-22-24-26-28(27-29(30)31-3)25-23-21-19-17-15-13-11-9-7-5-2/h27-28H,4-26H2,1-3H3. The Hall–Kier alpha value is -0.530. The first-order valence-electron chi connectivity index (χ1n) is 14.2. The lowest BCUT2D eigenvalue weighted by atomic mass is 9.91. The Morgan fingerprint density at radius 3 is 1.13 bits per heavy atom. The predicted molar refractivity (Wildman–Crippen MR) is 137 cm³/mol. The summed E-state index contributed by atoms with van der Waals surface area (Å²) in [5.41, 5.74) is 0. The van der Waals surface area contributed by atoms with Crippen LogP contribution in [0, 0.1) is 12.3 Å². The summed E-state index contributed by atoms with van der Waals surface area (Å²) in [4.78, 5) is 11.7. The molecule has 185 valence electrons. The van der Waals surface area contributed by atoms with E-state index < -0.39 is 0 Å². The van der Waals surface area contributed by atoms with Crippen LogP contribution in [0.1, 0.15) is 162 Å². The Bertz CT molecular complexity index is 353. The second-order valence-corrected chi connectivity index (χ2v) is 9.74. The van der Waals surface area contributed by atoms with E-state index in [9.17, 15) is 4.79 Å². The van der Waals surface area contributed by atoms with E-state index in [1.165, 1.54) is 142 Å². The molecular weight excluding hydrogens is 380 g/mol. The Morgan fingerprint density at radius 1 is 0.548 bits per heavy atom. The number of hydrogen-bond acceptors (Lipinski definition) is 2. The van der Waals surface area contributed by atoms with Crippen molar-refractivity contribution in [3.8, 4) is 0 Å². The molecule has 1 radical (unpaired) electrons. The molecule has 0 spiro atoms. The van der Waals surface area contributed by atoms with Gasteiger partial charge in [0.2, 0.25) is 0 Å². The van der Waals surface area contributed by atoms with Crippen LogP contribution in [-0.4, -0.2) is 13.1 Å². The van der Waals surface area contributed by atoms with Gasteiger partial charge in [-0.05, 0) is 18.8 Å². The molecule has 0 N–H and O–H groups in total. The van der Waals surface area contributed by atoms with Crippen LogP contribution >= 0.6 is 0 Å². The number of hydrogen-bond donors (Lipinski definition) is 0. The van der Waals surface area contributed by atoms with E-state index in [2.05, 4.69) is 13.8 Å². The third kappa shape index (κ3) is 24.0. The summed E-state index contributed by atoms with van der Waals surface area (Å²) < 4.78 is 4.89. The fourth-order valence-electron chi connectivity index (χ4n) is 4.54. The van der Waals surface area contributed by atoms with Crippen LogP contribution in [0.15, 0.2) is 0 Å². The van der Waals surface area contributed by atoms with Crippen molar-refractivity contribution >= 4 is 5.97 Å². The summed E-state index contributed by atoms with van der Waals surface area (Å²) >= 11 is 0. The fraction of sp³-hybridized carbons (Fsp3) is 0.931. The number of carbonyl (C=O) groups is 1. The molecule has 0 rings (SSSR count). The number of ether oxygens (including phenoxy) is 1. The molecule has 0 aliphatic heterocycles. The zero-order valence-corrected chi connectivity index (χ0v) is 21.7. The van der Waals surface area contributed by atoms with Crippen LogP contribution in [0.25, 0.3) is 0 Å². The largest absolute Gasteiger partial charge is 0.469 e. The van der Waals surface area contributed by atoms with Crippen molar-refractivity contribution in [2.75, 3.05) is 7.11 Å². The number of esters is 1. The summed E-state index contributed by atoms with van der Waals surface area (Å²) in [5, 5.41) is 0. The molecule has 0 saturated carbocycles. The Labute approximate surface area is 196 Å². The Kier molecular flexibility index (Phi) is 25.3. The van der Waals surface area contributed by atoms with Gasteiger partial charge >= 0.3 is 5.97 Å². The van der Waals surface area contributed by atoms with Gasteiger partial charge in [-0.2, -0.15) is 0 Å². The molecule has 0 fully saturated rings. The summed E-state index contributed by atoms with van der Waals surface area (Å²) in [5.74, 6) is 0.278. The van der Waals surface area contributed by atoms with E-state index in [4.69, 9.17) is 4.74 Å². The van der Waals surface area contributed by atoms with Gasteiger partial charge in [-0.15, -0.1) is 0 Å². The normalized spacial score (nSPS) is 12.2. The average Bonchev–Trinajstić information content (AvgIpc) is 2.78. The lowest BCUT2D eigenvalue weighted by molar-refractivity contribution is -0.137. The van der Waals surface area contributed by atoms with Crippen molar-refractivity contribution in [3.05, 3.63) is 6.42 Å². The maximum absolute atomic E-state index is 11.7. The lowest BCUT2D eigenvalue weighted by Crippen LogP contribution is -2.11. The Balaban J connectivity index is 3.66. The molecule has 0 aliphatic carbocycles. The summed E-state index contributed by atoms with van der Waals surface area (Å²) in [6.45, 7) is 4.56. The van der Waals surface area contributed by atoms with Crippen LogP contribution in [-0.2, 0) is 9.53 Å². The summed E-state index contributed by atoms with van der Waals surface area (Å²) in [7, 11) is 1.50.